The highest BCUT2D eigenvalue weighted by Gasteiger charge is 2.29. The quantitative estimate of drug-likeness (QED) is 0.683. The van der Waals surface area contributed by atoms with E-state index in [1.165, 1.54) is 30.3 Å². The highest BCUT2D eigenvalue weighted by atomic mass is 19.1. The topological polar surface area (TPSA) is 88.2 Å². The summed E-state index contributed by atoms with van der Waals surface area (Å²) < 4.78 is 18.7. The van der Waals surface area contributed by atoms with Gasteiger partial charge in [0.15, 0.2) is 6.10 Å². The maximum Gasteiger partial charge on any atom is 0.263 e. The first kappa shape index (κ1) is 20.7. The van der Waals surface area contributed by atoms with Gasteiger partial charge in [-0.25, -0.2) is 9.37 Å². The fraction of sp³-hybridized carbons (Fsp3) is 0.304. The Morgan fingerprint density at radius 1 is 1.16 bits per heavy atom. The van der Waals surface area contributed by atoms with Crippen LogP contribution in [0, 0.1) is 5.82 Å². The fourth-order valence-corrected chi connectivity index (χ4v) is 3.71. The summed E-state index contributed by atoms with van der Waals surface area (Å²) in [6, 6.07) is 12.5. The zero-order chi connectivity index (χ0) is 21.8. The van der Waals surface area contributed by atoms with Gasteiger partial charge in [0, 0.05) is 31.3 Å². The van der Waals surface area contributed by atoms with E-state index < -0.39 is 6.10 Å². The number of aromatic nitrogens is 3. The van der Waals surface area contributed by atoms with E-state index in [2.05, 4.69) is 15.0 Å². The highest BCUT2D eigenvalue weighted by molar-refractivity contribution is 5.81. The van der Waals surface area contributed by atoms with Crippen molar-refractivity contribution in [2.75, 3.05) is 13.1 Å². The number of benzene rings is 1. The molecule has 8 heteroatoms. The third-order valence-corrected chi connectivity index (χ3v) is 5.35. The van der Waals surface area contributed by atoms with Gasteiger partial charge in [-0.3, -0.25) is 14.6 Å². The summed E-state index contributed by atoms with van der Waals surface area (Å²) in [5.74, 6) is 0.647. The van der Waals surface area contributed by atoms with Crippen molar-refractivity contribution < 1.29 is 13.9 Å². The molecule has 160 valence electrons. The molecule has 3 heterocycles. The smallest absolute Gasteiger partial charge is 0.263 e. The second kappa shape index (κ2) is 9.07. The number of carbonyl (C=O) groups excluding carboxylic acids is 1. The zero-order valence-corrected chi connectivity index (χ0v) is 17.1. The Bertz CT molecular complexity index is 1090. The van der Waals surface area contributed by atoms with E-state index >= 15 is 0 Å². The number of halogens is 1. The van der Waals surface area contributed by atoms with Crippen molar-refractivity contribution in [3.05, 3.63) is 76.7 Å². The van der Waals surface area contributed by atoms with Crippen LogP contribution >= 0.6 is 0 Å². The molecular formula is C23H23FN4O3. The van der Waals surface area contributed by atoms with Crippen LogP contribution in [0.2, 0.25) is 0 Å². The van der Waals surface area contributed by atoms with Crippen molar-refractivity contribution in [3.8, 4) is 17.1 Å². The summed E-state index contributed by atoms with van der Waals surface area (Å²) >= 11 is 0. The standard InChI is InChI=1S/C23H23FN4O3/c1-15(31-18-7-5-17(24)6-8-18)23(30)28-12-9-16(10-13-28)22-26-20(14-21(29)27-22)19-4-2-3-11-25-19/h2-8,11,14-16H,9-10,12-13H2,1H3,(H,26,27,29). The minimum atomic E-state index is -0.674. The Kier molecular flexibility index (Phi) is 6.06. The largest absolute Gasteiger partial charge is 0.481 e. The van der Waals surface area contributed by atoms with Gasteiger partial charge in [-0.15, -0.1) is 0 Å². The summed E-state index contributed by atoms with van der Waals surface area (Å²) in [6.45, 7) is 2.77. The normalized spacial score (nSPS) is 15.5. The molecule has 1 amide bonds. The number of nitrogens with one attached hydrogen (secondary N) is 1. The van der Waals surface area contributed by atoms with Gasteiger partial charge < -0.3 is 14.6 Å². The summed E-state index contributed by atoms with van der Waals surface area (Å²) in [7, 11) is 0. The molecule has 1 fully saturated rings. The van der Waals surface area contributed by atoms with Gasteiger partial charge in [-0.2, -0.15) is 0 Å². The molecule has 2 aromatic heterocycles. The third kappa shape index (κ3) is 4.96. The second-order valence-electron chi connectivity index (χ2n) is 7.54. The van der Waals surface area contributed by atoms with Gasteiger partial charge in [0.05, 0.1) is 11.4 Å². The maximum atomic E-state index is 13.0. The number of carbonyl (C=O) groups is 1. The molecule has 1 aliphatic rings. The predicted octanol–water partition coefficient (Wildman–Crippen LogP) is 3.14. The van der Waals surface area contributed by atoms with Crippen LogP contribution in [0.1, 0.15) is 31.5 Å². The van der Waals surface area contributed by atoms with E-state index in [1.54, 1.807) is 18.0 Å². The minimum absolute atomic E-state index is 0.0498. The van der Waals surface area contributed by atoms with Crippen LogP contribution in [-0.2, 0) is 4.79 Å². The molecule has 1 aliphatic heterocycles. The van der Waals surface area contributed by atoms with Gasteiger partial charge in [0.1, 0.15) is 17.4 Å². The Hall–Kier alpha value is -3.55. The van der Waals surface area contributed by atoms with Crippen LogP contribution in [0.25, 0.3) is 11.4 Å². The number of H-pyrrole nitrogens is 1. The van der Waals surface area contributed by atoms with Crippen molar-refractivity contribution in [1.82, 2.24) is 19.9 Å². The second-order valence-corrected chi connectivity index (χ2v) is 7.54. The third-order valence-electron chi connectivity index (χ3n) is 5.35. The molecule has 1 saturated heterocycles. The van der Waals surface area contributed by atoms with Gasteiger partial charge >= 0.3 is 0 Å². The number of hydrogen-bond acceptors (Lipinski definition) is 5. The van der Waals surface area contributed by atoms with E-state index in [0.717, 1.165) is 0 Å². The molecule has 7 nitrogen and oxygen atoms in total. The molecule has 1 N–H and O–H groups in total. The van der Waals surface area contributed by atoms with Crippen molar-refractivity contribution in [1.29, 1.82) is 0 Å². The molecule has 0 saturated carbocycles. The lowest BCUT2D eigenvalue weighted by molar-refractivity contribution is -0.139. The summed E-state index contributed by atoms with van der Waals surface area (Å²) in [5, 5.41) is 0. The number of rotatable bonds is 5. The monoisotopic (exact) mass is 422 g/mol. The van der Waals surface area contributed by atoms with Crippen LogP contribution in [0.4, 0.5) is 4.39 Å². The SMILES string of the molecule is CC(Oc1ccc(F)cc1)C(=O)N1CCC(c2nc(-c3ccccn3)cc(=O)[nH]2)CC1. The van der Waals surface area contributed by atoms with E-state index in [4.69, 9.17) is 4.74 Å². The number of nitrogens with zero attached hydrogens (tertiary/aromatic N) is 3. The van der Waals surface area contributed by atoms with Crippen LogP contribution in [0.15, 0.2) is 59.5 Å². The summed E-state index contributed by atoms with van der Waals surface area (Å²) in [5.41, 5.74) is 0.971. The van der Waals surface area contributed by atoms with E-state index in [9.17, 15) is 14.0 Å². The average molecular weight is 422 g/mol. The molecule has 31 heavy (non-hydrogen) atoms. The summed E-state index contributed by atoms with van der Waals surface area (Å²) in [4.78, 5) is 38.4. The van der Waals surface area contributed by atoms with E-state index in [-0.39, 0.29) is 23.2 Å². The molecule has 3 aromatic rings. The Labute approximate surface area is 178 Å². The Balaban J connectivity index is 1.39. The number of likely N-dealkylation sites (tertiary alicyclic amines) is 1. The molecule has 0 aliphatic carbocycles. The number of aromatic amines is 1. The van der Waals surface area contributed by atoms with Crippen LogP contribution < -0.4 is 10.3 Å². The first-order valence-electron chi connectivity index (χ1n) is 10.2. The van der Waals surface area contributed by atoms with Crippen LogP contribution in [0.5, 0.6) is 5.75 Å². The number of ether oxygens (including phenoxy) is 1. The van der Waals surface area contributed by atoms with Crippen LogP contribution in [0.3, 0.4) is 0 Å². The molecular weight excluding hydrogens is 399 g/mol. The maximum absolute atomic E-state index is 13.0. The van der Waals surface area contributed by atoms with Crippen molar-refractivity contribution in [2.45, 2.75) is 31.8 Å². The molecule has 1 atom stereocenters. The number of hydrogen-bond donors (Lipinski definition) is 1. The Morgan fingerprint density at radius 2 is 1.90 bits per heavy atom. The fourth-order valence-electron chi connectivity index (χ4n) is 3.71. The lowest BCUT2D eigenvalue weighted by Gasteiger charge is -2.33. The average Bonchev–Trinajstić information content (AvgIpc) is 2.80. The molecule has 4 rings (SSSR count). The van der Waals surface area contributed by atoms with Gasteiger partial charge in [0.25, 0.3) is 11.5 Å². The molecule has 0 bridgehead atoms. The van der Waals surface area contributed by atoms with Crippen molar-refractivity contribution in [3.63, 3.8) is 0 Å². The number of piperidine rings is 1. The number of amides is 1. The first-order chi connectivity index (χ1) is 15.0. The lowest BCUT2D eigenvalue weighted by atomic mass is 9.95. The zero-order valence-electron chi connectivity index (χ0n) is 17.1. The van der Waals surface area contributed by atoms with E-state index in [0.29, 0.717) is 48.9 Å². The van der Waals surface area contributed by atoms with Crippen molar-refractivity contribution in [2.24, 2.45) is 0 Å². The van der Waals surface area contributed by atoms with Crippen LogP contribution in [-0.4, -0.2) is 45.0 Å². The molecule has 1 aromatic carbocycles. The highest BCUT2D eigenvalue weighted by Crippen LogP contribution is 2.27. The number of pyridine rings is 1. The lowest BCUT2D eigenvalue weighted by Crippen LogP contribution is -2.44. The Morgan fingerprint density at radius 3 is 2.58 bits per heavy atom. The van der Waals surface area contributed by atoms with Gasteiger partial charge in [-0.05, 0) is 56.2 Å². The molecule has 0 radical (unpaired) electrons. The van der Waals surface area contributed by atoms with Crippen molar-refractivity contribution >= 4 is 5.91 Å². The van der Waals surface area contributed by atoms with E-state index in [1.807, 2.05) is 18.2 Å². The minimum Gasteiger partial charge on any atom is -0.481 e. The first-order valence-corrected chi connectivity index (χ1v) is 10.2. The molecule has 0 spiro atoms. The summed E-state index contributed by atoms with van der Waals surface area (Å²) in [6.07, 6.45) is 2.36. The van der Waals surface area contributed by atoms with Gasteiger partial charge in [-0.1, -0.05) is 6.07 Å². The predicted molar refractivity (Wildman–Crippen MR) is 113 cm³/mol. The van der Waals surface area contributed by atoms with Gasteiger partial charge in [0.2, 0.25) is 0 Å². The molecule has 1 unspecified atom stereocenters.